The summed E-state index contributed by atoms with van der Waals surface area (Å²) < 4.78 is 5.16. The highest BCUT2D eigenvalue weighted by Gasteiger charge is 2.15. The van der Waals surface area contributed by atoms with Crippen LogP contribution >= 0.6 is 0 Å². The largest absolute Gasteiger partial charge is 0.469 e. The molecule has 2 N–H and O–H groups in total. The van der Waals surface area contributed by atoms with E-state index in [9.17, 15) is 4.79 Å². The normalized spacial score (nSPS) is 9.88. The number of nitrogens with zero attached hydrogens (tertiary/aromatic N) is 2. The fourth-order valence-electron chi connectivity index (χ4n) is 1.46. The van der Waals surface area contributed by atoms with Crippen LogP contribution in [0.15, 0.2) is 22.9 Å². The average molecular weight is 230 g/mol. The number of hydrogen-bond donors (Lipinski definition) is 2. The van der Waals surface area contributed by atoms with Crippen molar-refractivity contribution in [2.75, 3.05) is 5.32 Å². The second-order valence-corrected chi connectivity index (χ2v) is 3.34. The van der Waals surface area contributed by atoms with Crippen LogP contribution in [0.1, 0.15) is 28.6 Å². The molecule has 2 aromatic heterocycles. The van der Waals surface area contributed by atoms with E-state index in [4.69, 9.17) is 9.68 Å². The number of carbonyl (C=O) groups excluding carboxylic acids is 1. The van der Waals surface area contributed by atoms with E-state index in [1.54, 1.807) is 6.07 Å². The Labute approximate surface area is 97.2 Å². The third-order valence-electron chi connectivity index (χ3n) is 2.31. The molecule has 86 valence electrons. The number of anilines is 1. The van der Waals surface area contributed by atoms with Crippen molar-refractivity contribution in [3.05, 3.63) is 35.4 Å². The minimum atomic E-state index is -0.323. The molecule has 0 spiro atoms. The number of aromatic amines is 1. The number of aryl methyl sites for hydroxylation is 1. The fourth-order valence-corrected chi connectivity index (χ4v) is 1.46. The van der Waals surface area contributed by atoms with Crippen LogP contribution in [-0.4, -0.2) is 16.1 Å². The van der Waals surface area contributed by atoms with Crippen molar-refractivity contribution in [1.29, 1.82) is 5.26 Å². The van der Waals surface area contributed by atoms with Crippen molar-refractivity contribution >= 4 is 11.7 Å². The van der Waals surface area contributed by atoms with E-state index in [1.165, 1.54) is 12.5 Å². The van der Waals surface area contributed by atoms with Crippen LogP contribution in [0.3, 0.4) is 0 Å². The number of aromatic nitrogens is 2. The zero-order valence-electron chi connectivity index (χ0n) is 9.15. The number of carbonyl (C=O) groups is 1. The van der Waals surface area contributed by atoms with Crippen LogP contribution in [0, 0.1) is 11.3 Å². The first kappa shape index (κ1) is 11.0. The Kier molecular flexibility index (Phi) is 2.92. The summed E-state index contributed by atoms with van der Waals surface area (Å²) in [4.78, 5) is 11.9. The van der Waals surface area contributed by atoms with E-state index < -0.39 is 0 Å². The molecular formula is C11H10N4O2. The van der Waals surface area contributed by atoms with Gasteiger partial charge in [0.1, 0.15) is 23.2 Å². The van der Waals surface area contributed by atoms with Crippen LogP contribution in [0.25, 0.3) is 0 Å². The van der Waals surface area contributed by atoms with E-state index in [0.29, 0.717) is 29.1 Å². The Morgan fingerprint density at radius 3 is 3.24 bits per heavy atom. The van der Waals surface area contributed by atoms with E-state index in [1.807, 2.05) is 13.0 Å². The lowest BCUT2D eigenvalue weighted by molar-refractivity contribution is 0.102. The van der Waals surface area contributed by atoms with Gasteiger partial charge in [0.05, 0.1) is 18.0 Å². The van der Waals surface area contributed by atoms with Crippen LogP contribution in [0.4, 0.5) is 5.82 Å². The summed E-state index contributed by atoms with van der Waals surface area (Å²) in [6, 6.07) is 3.52. The van der Waals surface area contributed by atoms with Crippen LogP contribution in [-0.2, 0) is 6.42 Å². The molecule has 6 heteroatoms. The van der Waals surface area contributed by atoms with E-state index in [2.05, 4.69) is 15.5 Å². The molecule has 0 atom stereocenters. The Morgan fingerprint density at radius 2 is 2.53 bits per heavy atom. The molecule has 0 unspecified atom stereocenters. The lowest BCUT2D eigenvalue weighted by atomic mass is 10.2. The number of H-pyrrole nitrogens is 1. The molecule has 0 aromatic carbocycles. The highest BCUT2D eigenvalue weighted by atomic mass is 16.3. The topological polar surface area (TPSA) is 94.7 Å². The van der Waals surface area contributed by atoms with Crippen molar-refractivity contribution in [1.82, 2.24) is 10.2 Å². The van der Waals surface area contributed by atoms with Gasteiger partial charge in [-0.15, -0.1) is 0 Å². The van der Waals surface area contributed by atoms with Crippen molar-refractivity contribution in [2.45, 2.75) is 13.3 Å². The Bertz CT molecular complexity index is 576. The SMILES string of the molecule is CCc1occc1C(=O)Nc1[nH]ncc1C#N. The van der Waals surface area contributed by atoms with Crippen molar-refractivity contribution in [3.8, 4) is 6.07 Å². The zero-order valence-corrected chi connectivity index (χ0v) is 9.15. The Balaban J connectivity index is 2.21. The van der Waals surface area contributed by atoms with Gasteiger partial charge in [-0.2, -0.15) is 10.4 Å². The number of hydrogen-bond acceptors (Lipinski definition) is 4. The standard InChI is InChI=1S/C11H10N4O2/c1-2-9-8(3-4-17-9)11(16)14-10-7(5-12)6-13-15-10/h3-4,6H,2H2,1H3,(H2,13,14,15,16). The molecule has 2 rings (SSSR count). The number of rotatable bonds is 3. The van der Waals surface area contributed by atoms with Gasteiger partial charge in [-0.3, -0.25) is 9.89 Å². The molecule has 0 saturated heterocycles. The molecule has 17 heavy (non-hydrogen) atoms. The lowest BCUT2D eigenvalue weighted by Gasteiger charge is -2.02. The van der Waals surface area contributed by atoms with Crippen molar-refractivity contribution in [2.24, 2.45) is 0 Å². The van der Waals surface area contributed by atoms with Gasteiger partial charge in [0.15, 0.2) is 0 Å². The number of nitriles is 1. The predicted octanol–water partition coefficient (Wildman–Crippen LogP) is 1.69. The highest BCUT2D eigenvalue weighted by molar-refractivity contribution is 6.04. The Hall–Kier alpha value is -2.55. The zero-order chi connectivity index (χ0) is 12.3. The fraction of sp³-hybridized carbons (Fsp3) is 0.182. The van der Waals surface area contributed by atoms with Gasteiger partial charge in [0, 0.05) is 6.42 Å². The third-order valence-corrected chi connectivity index (χ3v) is 2.31. The highest BCUT2D eigenvalue weighted by Crippen LogP contribution is 2.15. The van der Waals surface area contributed by atoms with Crippen LogP contribution < -0.4 is 5.32 Å². The van der Waals surface area contributed by atoms with Crippen LogP contribution in [0.2, 0.25) is 0 Å². The second kappa shape index (κ2) is 4.53. The van der Waals surface area contributed by atoms with Crippen LogP contribution in [0.5, 0.6) is 0 Å². The monoisotopic (exact) mass is 230 g/mol. The number of nitrogens with one attached hydrogen (secondary N) is 2. The molecule has 1 amide bonds. The molecule has 2 heterocycles. The van der Waals surface area contributed by atoms with Crippen molar-refractivity contribution < 1.29 is 9.21 Å². The molecular weight excluding hydrogens is 220 g/mol. The number of amides is 1. The Morgan fingerprint density at radius 1 is 1.71 bits per heavy atom. The molecule has 0 aliphatic heterocycles. The molecule has 6 nitrogen and oxygen atoms in total. The smallest absolute Gasteiger partial charge is 0.260 e. The minimum Gasteiger partial charge on any atom is -0.469 e. The summed E-state index contributed by atoms with van der Waals surface area (Å²) in [6.45, 7) is 1.90. The molecule has 0 radical (unpaired) electrons. The van der Waals surface area contributed by atoms with Gasteiger partial charge in [-0.1, -0.05) is 6.92 Å². The maximum atomic E-state index is 11.9. The first-order chi connectivity index (χ1) is 8.26. The summed E-state index contributed by atoms with van der Waals surface area (Å²) in [5.41, 5.74) is 0.755. The summed E-state index contributed by atoms with van der Waals surface area (Å²) in [7, 11) is 0. The molecule has 0 fully saturated rings. The average Bonchev–Trinajstić information content (AvgIpc) is 2.96. The molecule has 0 aliphatic rings. The van der Waals surface area contributed by atoms with Gasteiger partial charge in [-0.05, 0) is 6.07 Å². The second-order valence-electron chi connectivity index (χ2n) is 3.34. The van der Waals surface area contributed by atoms with Gasteiger partial charge in [0.25, 0.3) is 5.91 Å². The molecule has 0 saturated carbocycles. The lowest BCUT2D eigenvalue weighted by Crippen LogP contribution is -2.13. The summed E-state index contributed by atoms with van der Waals surface area (Å²) in [5.74, 6) is 0.581. The van der Waals surface area contributed by atoms with Gasteiger partial charge in [-0.25, -0.2) is 0 Å². The van der Waals surface area contributed by atoms with Gasteiger partial charge < -0.3 is 9.73 Å². The predicted molar refractivity (Wildman–Crippen MR) is 59.3 cm³/mol. The summed E-state index contributed by atoms with van der Waals surface area (Å²) in [5, 5.41) is 17.6. The van der Waals surface area contributed by atoms with Crippen molar-refractivity contribution in [3.63, 3.8) is 0 Å². The van der Waals surface area contributed by atoms with E-state index in [-0.39, 0.29) is 5.91 Å². The van der Waals surface area contributed by atoms with E-state index in [0.717, 1.165) is 0 Å². The third kappa shape index (κ3) is 2.03. The first-order valence-electron chi connectivity index (χ1n) is 5.07. The maximum absolute atomic E-state index is 11.9. The molecule has 0 aliphatic carbocycles. The summed E-state index contributed by atoms with van der Waals surface area (Å²) in [6.07, 6.45) is 3.45. The first-order valence-corrected chi connectivity index (χ1v) is 5.07. The minimum absolute atomic E-state index is 0.292. The van der Waals surface area contributed by atoms with Gasteiger partial charge in [0.2, 0.25) is 0 Å². The molecule has 0 bridgehead atoms. The molecule has 2 aromatic rings. The summed E-state index contributed by atoms with van der Waals surface area (Å²) >= 11 is 0. The van der Waals surface area contributed by atoms with Gasteiger partial charge >= 0.3 is 0 Å². The number of furan rings is 1. The quantitative estimate of drug-likeness (QED) is 0.838. The maximum Gasteiger partial charge on any atom is 0.260 e. The van der Waals surface area contributed by atoms with E-state index >= 15 is 0 Å².